The quantitative estimate of drug-likeness (QED) is 0.136. The molecule has 0 aromatic heterocycles. The third-order valence-electron chi connectivity index (χ3n) is 8.63. The van der Waals surface area contributed by atoms with Crippen LogP contribution in [0.15, 0.2) is 113 Å². The predicted octanol–water partition coefficient (Wildman–Crippen LogP) is 6.84. The van der Waals surface area contributed by atoms with E-state index in [1.165, 1.54) is 34.9 Å². The maximum Gasteiger partial charge on any atom is 0.264 e. The molecule has 1 N–H and O–H groups in total. The van der Waals surface area contributed by atoms with Crippen molar-refractivity contribution in [2.45, 2.75) is 67.4 Å². The molecule has 0 saturated heterocycles. The number of anilines is 1. The second-order valence-corrected chi connectivity index (χ2v) is 14.6. The van der Waals surface area contributed by atoms with Crippen LogP contribution in [-0.2, 0) is 32.6 Å². The van der Waals surface area contributed by atoms with E-state index >= 15 is 4.39 Å². The zero-order chi connectivity index (χ0) is 34.8. The van der Waals surface area contributed by atoms with Crippen LogP contribution in [0.3, 0.4) is 0 Å². The molecule has 258 valence electrons. The highest BCUT2D eigenvalue weighted by Crippen LogP contribution is 2.33. The molecule has 11 heteroatoms. The van der Waals surface area contributed by atoms with Gasteiger partial charge in [0.1, 0.15) is 24.2 Å². The first kappa shape index (κ1) is 35.9. The minimum absolute atomic E-state index is 0.00938. The van der Waals surface area contributed by atoms with E-state index in [1.54, 1.807) is 61.5 Å². The molecule has 0 spiro atoms. The maximum atomic E-state index is 15.2. The van der Waals surface area contributed by atoms with Crippen molar-refractivity contribution >= 4 is 39.3 Å². The summed E-state index contributed by atoms with van der Waals surface area (Å²) in [6.45, 7) is 1.15. The lowest BCUT2D eigenvalue weighted by Crippen LogP contribution is -2.54. The summed E-state index contributed by atoms with van der Waals surface area (Å²) >= 11 is 1.48. The highest BCUT2D eigenvalue weighted by Gasteiger charge is 2.36. The summed E-state index contributed by atoms with van der Waals surface area (Å²) in [5.74, 6) is -1.28. The predicted molar refractivity (Wildman–Crippen MR) is 192 cm³/mol. The summed E-state index contributed by atoms with van der Waals surface area (Å²) < 4.78 is 50.9. The number of ether oxygens (including phenoxy) is 1. The number of benzene rings is 4. The molecular weight excluding hydrogens is 662 g/mol. The Hall–Kier alpha value is -4.35. The molecule has 0 radical (unpaired) electrons. The Morgan fingerprint density at radius 2 is 1.57 bits per heavy atom. The van der Waals surface area contributed by atoms with Crippen LogP contribution in [-0.4, -0.2) is 56.6 Å². The summed E-state index contributed by atoms with van der Waals surface area (Å²) in [5.41, 5.74) is 1.19. The molecule has 4 aromatic rings. The molecule has 1 unspecified atom stereocenters. The van der Waals surface area contributed by atoms with E-state index in [0.717, 1.165) is 40.4 Å². The highest BCUT2D eigenvalue weighted by molar-refractivity contribution is 7.98. The van der Waals surface area contributed by atoms with Crippen molar-refractivity contribution in [1.29, 1.82) is 0 Å². The Balaban J connectivity index is 1.60. The van der Waals surface area contributed by atoms with E-state index in [1.807, 2.05) is 36.6 Å². The number of thioether (sulfide) groups is 1. The van der Waals surface area contributed by atoms with Crippen LogP contribution in [0.25, 0.3) is 0 Å². The minimum Gasteiger partial charge on any atom is -0.492 e. The molecule has 2 amide bonds. The van der Waals surface area contributed by atoms with Gasteiger partial charge in [0, 0.05) is 29.5 Å². The number of hydrogen-bond donors (Lipinski definition) is 1. The van der Waals surface area contributed by atoms with Crippen molar-refractivity contribution in [3.05, 3.63) is 120 Å². The number of hydrogen-bond acceptors (Lipinski definition) is 6. The first-order chi connectivity index (χ1) is 23.7. The maximum absolute atomic E-state index is 15.2. The van der Waals surface area contributed by atoms with Gasteiger partial charge in [0.05, 0.1) is 17.2 Å². The average molecular weight is 704 g/mol. The number of sulfonamides is 1. The number of rotatable bonds is 15. The van der Waals surface area contributed by atoms with Crippen LogP contribution < -0.4 is 14.4 Å². The Bertz CT molecular complexity index is 1820. The first-order valence-electron chi connectivity index (χ1n) is 16.5. The summed E-state index contributed by atoms with van der Waals surface area (Å²) in [7, 11) is -4.33. The molecular formula is C38H42FN3O5S2. The van der Waals surface area contributed by atoms with Crippen molar-refractivity contribution in [2.24, 2.45) is 0 Å². The first-order valence-corrected chi connectivity index (χ1v) is 19.1. The van der Waals surface area contributed by atoms with Crippen LogP contribution in [0, 0.1) is 5.82 Å². The number of carbonyl (C=O) groups excluding carboxylic acids is 2. The normalized spacial score (nSPS) is 13.9. The second kappa shape index (κ2) is 16.8. The molecule has 1 aliphatic carbocycles. The van der Waals surface area contributed by atoms with E-state index in [-0.39, 0.29) is 53.4 Å². The van der Waals surface area contributed by atoms with E-state index in [2.05, 4.69) is 5.32 Å². The molecule has 49 heavy (non-hydrogen) atoms. The van der Waals surface area contributed by atoms with Gasteiger partial charge in [-0.3, -0.25) is 13.9 Å². The number of amides is 2. The van der Waals surface area contributed by atoms with Crippen LogP contribution in [0.2, 0.25) is 0 Å². The van der Waals surface area contributed by atoms with Crippen molar-refractivity contribution in [3.63, 3.8) is 0 Å². The Morgan fingerprint density at radius 3 is 2.24 bits per heavy atom. The number of halogens is 1. The van der Waals surface area contributed by atoms with Gasteiger partial charge < -0.3 is 15.0 Å². The van der Waals surface area contributed by atoms with E-state index in [9.17, 15) is 18.0 Å². The SMILES string of the molecule is CCOc1ccccc1N(CC(=O)N(Cc1ccccc1F)C(Cc1ccccc1)C(=O)NC1CCCC1)S(=O)(=O)c1ccc(SC)cc1. The van der Waals surface area contributed by atoms with Gasteiger partial charge in [-0.25, -0.2) is 12.8 Å². The molecule has 0 bridgehead atoms. The van der Waals surface area contributed by atoms with Gasteiger partial charge in [0.2, 0.25) is 11.8 Å². The lowest BCUT2D eigenvalue weighted by molar-refractivity contribution is -0.140. The summed E-state index contributed by atoms with van der Waals surface area (Å²) in [4.78, 5) is 31.1. The Labute approximate surface area is 292 Å². The average Bonchev–Trinajstić information content (AvgIpc) is 3.63. The van der Waals surface area contributed by atoms with Crippen molar-refractivity contribution < 1.29 is 27.1 Å². The van der Waals surface area contributed by atoms with Crippen molar-refractivity contribution in [1.82, 2.24) is 10.2 Å². The highest BCUT2D eigenvalue weighted by atomic mass is 32.2. The van der Waals surface area contributed by atoms with Gasteiger partial charge in [-0.05, 0) is 74.0 Å². The molecule has 1 fully saturated rings. The topological polar surface area (TPSA) is 96.0 Å². The van der Waals surface area contributed by atoms with Gasteiger partial charge in [-0.1, -0.05) is 73.5 Å². The Kier molecular flexibility index (Phi) is 12.4. The molecule has 4 aromatic carbocycles. The molecule has 1 atom stereocenters. The third-order valence-corrected chi connectivity index (χ3v) is 11.1. The minimum atomic E-state index is -4.33. The third kappa shape index (κ3) is 9.01. The van der Waals surface area contributed by atoms with Crippen molar-refractivity contribution in [2.75, 3.05) is 23.7 Å². The molecule has 5 rings (SSSR count). The fraction of sp³-hybridized carbons (Fsp3) is 0.316. The van der Waals surface area contributed by atoms with Crippen LogP contribution in [0.5, 0.6) is 5.75 Å². The molecule has 0 aliphatic heterocycles. The second-order valence-electron chi connectivity index (χ2n) is 11.9. The fourth-order valence-electron chi connectivity index (χ4n) is 6.06. The van der Waals surface area contributed by atoms with E-state index < -0.39 is 34.3 Å². The standard InChI is InChI=1S/C38H42FN3O5S2/c1-3-47-36-20-12-11-19-34(36)42(49(45,46)32-23-21-31(48-2)22-24-32)27-37(43)41(26-29-15-7-10-18-33(29)39)35(25-28-13-5-4-6-14-28)38(44)40-30-16-8-9-17-30/h4-7,10-15,18-24,30,35H,3,8-9,16-17,25-27H2,1-2H3,(H,40,44). The lowest BCUT2D eigenvalue weighted by atomic mass is 10.0. The van der Waals surface area contributed by atoms with E-state index in [4.69, 9.17) is 4.74 Å². The van der Waals surface area contributed by atoms with Crippen LogP contribution >= 0.6 is 11.8 Å². The number of nitrogens with zero attached hydrogens (tertiary/aromatic N) is 2. The summed E-state index contributed by atoms with van der Waals surface area (Å²) in [6.07, 6.45) is 5.71. The largest absolute Gasteiger partial charge is 0.492 e. The lowest BCUT2D eigenvalue weighted by Gasteiger charge is -2.34. The van der Waals surface area contributed by atoms with Gasteiger partial charge in [0.15, 0.2) is 0 Å². The zero-order valence-corrected chi connectivity index (χ0v) is 29.4. The van der Waals surface area contributed by atoms with Crippen LogP contribution in [0.4, 0.5) is 10.1 Å². The molecule has 8 nitrogen and oxygen atoms in total. The number of carbonyl (C=O) groups is 2. The van der Waals surface area contributed by atoms with Crippen LogP contribution in [0.1, 0.15) is 43.7 Å². The smallest absolute Gasteiger partial charge is 0.264 e. The summed E-state index contributed by atoms with van der Waals surface area (Å²) in [5, 5.41) is 3.13. The zero-order valence-electron chi connectivity index (χ0n) is 27.8. The summed E-state index contributed by atoms with van der Waals surface area (Å²) in [6, 6.07) is 27.4. The molecule has 0 heterocycles. The van der Waals surface area contributed by atoms with Gasteiger partial charge in [-0.2, -0.15) is 0 Å². The fourth-order valence-corrected chi connectivity index (χ4v) is 7.89. The van der Waals surface area contributed by atoms with Gasteiger partial charge in [-0.15, -0.1) is 11.8 Å². The Morgan fingerprint density at radius 1 is 0.918 bits per heavy atom. The van der Waals surface area contributed by atoms with Gasteiger partial charge >= 0.3 is 0 Å². The molecule has 1 aliphatic rings. The van der Waals surface area contributed by atoms with Crippen molar-refractivity contribution in [3.8, 4) is 5.75 Å². The van der Waals surface area contributed by atoms with Gasteiger partial charge in [0.25, 0.3) is 10.0 Å². The van der Waals surface area contributed by atoms with E-state index in [0.29, 0.717) is 0 Å². The molecule has 1 saturated carbocycles. The monoisotopic (exact) mass is 703 g/mol. The number of para-hydroxylation sites is 2. The number of nitrogens with one attached hydrogen (secondary N) is 1.